The second-order valence-corrected chi connectivity index (χ2v) is 5.92. The molecule has 7 nitrogen and oxygen atoms in total. The molecule has 0 atom stereocenters. The summed E-state index contributed by atoms with van der Waals surface area (Å²) in [7, 11) is 0. The van der Waals surface area contributed by atoms with Gasteiger partial charge in [0.25, 0.3) is 5.91 Å². The van der Waals surface area contributed by atoms with E-state index in [1.54, 1.807) is 60.7 Å². The van der Waals surface area contributed by atoms with E-state index in [2.05, 4.69) is 20.9 Å². The number of rotatable bonds is 5. The predicted octanol–water partition coefficient (Wildman–Crippen LogP) is 3.91. The van der Waals surface area contributed by atoms with E-state index in [-0.39, 0.29) is 11.8 Å². The smallest absolute Gasteiger partial charge is 0.255 e. The molecular formula is C21H17N5O2. The number of hydrogen-bond acceptors (Lipinski definition) is 5. The van der Waals surface area contributed by atoms with E-state index in [9.17, 15) is 9.59 Å². The minimum absolute atomic E-state index is 0.140. The number of nitrogens with one attached hydrogen (secondary N) is 3. The van der Waals surface area contributed by atoms with E-state index >= 15 is 0 Å². The van der Waals surface area contributed by atoms with Crippen LogP contribution in [0.1, 0.15) is 22.8 Å². The average Bonchev–Trinajstić information content (AvgIpc) is 2.70. The average molecular weight is 371 g/mol. The van der Waals surface area contributed by atoms with E-state index in [0.29, 0.717) is 28.3 Å². The summed E-state index contributed by atoms with van der Waals surface area (Å²) in [5.41, 5.74) is 2.70. The highest BCUT2D eigenvalue weighted by Gasteiger charge is 2.10. The molecule has 2 aromatic carbocycles. The van der Waals surface area contributed by atoms with Crippen LogP contribution in [0.5, 0.6) is 0 Å². The number of para-hydroxylation sites is 1. The zero-order valence-electron chi connectivity index (χ0n) is 15.1. The van der Waals surface area contributed by atoms with Crippen molar-refractivity contribution in [1.82, 2.24) is 4.98 Å². The van der Waals surface area contributed by atoms with Crippen LogP contribution in [-0.2, 0) is 4.79 Å². The summed E-state index contributed by atoms with van der Waals surface area (Å²) in [6, 6.07) is 19.2. The van der Waals surface area contributed by atoms with Gasteiger partial charge in [-0.2, -0.15) is 5.26 Å². The third-order valence-corrected chi connectivity index (χ3v) is 3.80. The molecule has 0 spiro atoms. The Labute approximate surface area is 162 Å². The van der Waals surface area contributed by atoms with Crippen LogP contribution in [0.15, 0.2) is 66.9 Å². The maximum atomic E-state index is 12.5. The lowest BCUT2D eigenvalue weighted by Gasteiger charge is -2.10. The van der Waals surface area contributed by atoms with Crippen molar-refractivity contribution in [3.05, 3.63) is 78.0 Å². The number of pyridine rings is 1. The molecule has 28 heavy (non-hydrogen) atoms. The van der Waals surface area contributed by atoms with Gasteiger partial charge in [0.05, 0.1) is 11.3 Å². The Bertz CT molecular complexity index is 1050. The van der Waals surface area contributed by atoms with E-state index in [4.69, 9.17) is 5.26 Å². The molecule has 1 aromatic heterocycles. The Morgan fingerprint density at radius 2 is 1.68 bits per heavy atom. The number of hydrogen-bond donors (Lipinski definition) is 3. The highest BCUT2D eigenvalue weighted by Crippen LogP contribution is 2.19. The Morgan fingerprint density at radius 3 is 2.39 bits per heavy atom. The molecule has 138 valence electrons. The van der Waals surface area contributed by atoms with Crippen LogP contribution in [0.2, 0.25) is 0 Å². The highest BCUT2D eigenvalue weighted by molar-refractivity contribution is 6.05. The third-order valence-electron chi connectivity index (χ3n) is 3.80. The van der Waals surface area contributed by atoms with Gasteiger partial charge in [0.15, 0.2) is 0 Å². The molecule has 0 saturated carbocycles. The van der Waals surface area contributed by atoms with Gasteiger partial charge in [-0.1, -0.05) is 12.1 Å². The first-order chi connectivity index (χ1) is 13.5. The largest absolute Gasteiger partial charge is 0.340 e. The SMILES string of the molecule is CC(=O)Nc1ccc(Nc2cc(C(=O)Nc3ccccc3C#N)ccn2)cc1. The number of amides is 2. The minimum atomic E-state index is -0.339. The lowest BCUT2D eigenvalue weighted by molar-refractivity contribution is -0.114. The molecule has 3 aromatic rings. The molecule has 0 bridgehead atoms. The van der Waals surface area contributed by atoms with Crippen molar-refractivity contribution in [2.24, 2.45) is 0 Å². The zero-order chi connectivity index (χ0) is 19.9. The first-order valence-electron chi connectivity index (χ1n) is 8.46. The van der Waals surface area contributed by atoms with Gasteiger partial charge < -0.3 is 16.0 Å². The molecule has 2 amide bonds. The van der Waals surface area contributed by atoms with Gasteiger partial charge in [0.2, 0.25) is 5.91 Å². The van der Waals surface area contributed by atoms with E-state index in [1.165, 1.54) is 13.1 Å². The van der Waals surface area contributed by atoms with Crippen LogP contribution >= 0.6 is 0 Å². The summed E-state index contributed by atoms with van der Waals surface area (Å²) in [5, 5.41) is 17.7. The van der Waals surface area contributed by atoms with Crippen LogP contribution in [0.4, 0.5) is 22.9 Å². The van der Waals surface area contributed by atoms with E-state index < -0.39 is 0 Å². The summed E-state index contributed by atoms with van der Waals surface area (Å²) in [5.74, 6) is 0.0155. The van der Waals surface area contributed by atoms with Crippen molar-refractivity contribution in [3.8, 4) is 6.07 Å². The Hall–Kier alpha value is -4.18. The van der Waals surface area contributed by atoms with Crippen molar-refractivity contribution in [3.63, 3.8) is 0 Å². The summed E-state index contributed by atoms with van der Waals surface area (Å²) in [6.45, 7) is 1.45. The van der Waals surface area contributed by atoms with Gasteiger partial charge in [-0.3, -0.25) is 9.59 Å². The predicted molar refractivity (Wildman–Crippen MR) is 107 cm³/mol. The molecule has 0 aliphatic carbocycles. The molecule has 0 aliphatic heterocycles. The van der Waals surface area contributed by atoms with Gasteiger partial charge in [0.1, 0.15) is 11.9 Å². The fourth-order valence-electron chi connectivity index (χ4n) is 2.51. The molecule has 3 N–H and O–H groups in total. The highest BCUT2D eigenvalue weighted by atomic mass is 16.2. The van der Waals surface area contributed by atoms with Crippen LogP contribution < -0.4 is 16.0 Å². The zero-order valence-corrected chi connectivity index (χ0v) is 15.1. The van der Waals surface area contributed by atoms with Gasteiger partial charge in [-0.05, 0) is 48.5 Å². The van der Waals surface area contributed by atoms with Crippen molar-refractivity contribution < 1.29 is 9.59 Å². The first-order valence-corrected chi connectivity index (χ1v) is 8.46. The van der Waals surface area contributed by atoms with Crippen molar-refractivity contribution in [2.45, 2.75) is 6.92 Å². The molecule has 7 heteroatoms. The van der Waals surface area contributed by atoms with Crippen molar-refractivity contribution in [1.29, 1.82) is 5.26 Å². The second kappa shape index (κ2) is 8.47. The van der Waals surface area contributed by atoms with Gasteiger partial charge in [-0.25, -0.2) is 4.98 Å². The number of aromatic nitrogens is 1. The maximum Gasteiger partial charge on any atom is 0.255 e. The van der Waals surface area contributed by atoms with Crippen molar-refractivity contribution >= 4 is 34.7 Å². The maximum absolute atomic E-state index is 12.5. The van der Waals surface area contributed by atoms with E-state index in [0.717, 1.165) is 5.69 Å². The van der Waals surface area contributed by atoms with Gasteiger partial charge in [-0.15, -0.1) is 0 Å². The molecule has 0 radical (unpaired) electrons. The molecule has 0 saturated heterocycles. The molecular weight excluding hydrogens is 354 g/mol. The first kappa shape index (κ1) is 18.6. The van der Waals surface area contributed by atoms with Gasteiger partial charge >= 0.3 is 0 Å². The number of nitrogens with zero attached hydrogens (tertiary/aromatic N) is 2. The summed E-state index contributed by atoms with van der Waals surface area (Å²) in [6.07, 6.45) is 1.53. The Kier molecular flexibility index (Phi) is 5.63. The molecule has 1 heterocycles. The fourth-order valence-corrected chi connectivity index (χ4v) is 2.51. The third kappa shape index (κ3) is 4.71. The molecule has 3 rings (SSSR count). The summed E-state index contributed by atoms with van der Waals surface area (Å²) < 4.78 is 0. The van der Waals surface area contributed by atoms with Crippen LogP contribution in [0, 0.1) is 11.3 Å². The second-order valence-electron chi connectivity index (χ2n) is 5.92. The quantitative estimate of drug-likeness (QED) is 0.630. The summed E-state index contributed by atoms with van der Waals surface area (Å²) >= 11 is 0. The van der Waals surface area contributed by atoms with E-state index in [1.807, 2.05) is 6.07 Å². The lowest BCUT2D eigenvalue weighted by Crippen LogP contribution is -2.13. The Balaban J connectivity index is 1.72. The number of carbonyl (C=O) groups is 2. The molecule has 0 aliphatic rings. The van der Waals surface area contributed by atoms with Crippen LogP contribution in [0.3, 0.4) is 0 Å². The Morgan fingerprint density at radius 1 is 0.964 bits per heavy atom. The lowest BCUT2D eigenvalue weighted by atomic mass is 10.1. The normalized spacial score (nSPS) is 9.86. The minimum Gasteiger partial charge on any atom is -0.340 e. The summed E-state index contributed by atoms with van der Waals surface area (Å²) in [4.78, 5) is 27.8. The topological polar surface area (TPSA) is 107 Å². The van der Waals surface area contributed by atoms with Gasteiger partial charge in [0, 0.05) is 30.1 Å². The number of benzene rings is 2. The number of carbonyl (C=O) groups excluding carboxylic acids is 2. The number of nitriles is 1. The standard InChI is InChI=1S/C21H17N5O2/c1-14(27)24-17-6-8-18(9-7-17)25-20-12-15(10-11-23-20)21(28)26-19-5-3-2-4-16(19)13-22/h2-12H,1H3,(H,23,25)(H,24,27)(H,26,28). The molecule has 0 fully saturated rings. The van der Waals surface area contributed by atoms with Crippen LogP contribution in [-0.4, -0.2) is 16.8 Å². The van der Waals surface area contributed by atoms with Crippen molar-refractivity contribution in [2.75, 3.05) is 16.0 Å². The van der Waals surface area contributed by atoms with Crippen LogP contribution in [0.25, 0.3) is 0 Å². The fraction of sp³-hybridized carbons (Fsp3) is 0.0476. The monoisotopic (exact) mass is 371 g/mol. The molecule has 0 unspecified atom stereocenters. The number of anilines is 4.